The molecule has 1 aromatic rings. The normalized spacial score (nSPS) is 9.82. The minimum absolute atomic E-state index is 0.163. The molecule has 94 valence electrons. The van der Waals surface area contributed by atoms with E-state index < -0.39 is 0 Å². The lowest BCUT2D eigenvalue weighted by Crippen LogP contribution is -2.28. The monoisotopic (exact) mass is 235 g/mol. The van der Waals surface area contributed by atoms with Crippen molar-refractivity contribution in [1.29, 1.82) is 0 Å². The minimum atomic E-state index is -0.163. The summed E-state index contributed by atoms with van der Waals surface area (Å²) in [6, 6.07) is 7.72. The Morgan fingerprint density at radius 3 is 2.53 bits per heavy atom. The second-order valence-corrected chi connectivity index (χ2v) is 3.71. The highest BCUT2D eigenvalue weighted by molar-refractivity contribution is 5.89. The summed E-state index contributed by atoms with van der Waals surface area (Å²) in [7, 11) is 0. The van der Waals surface area contributed by atoms with E-state index in [1.807, 2.05) is 25.1 Å². The number of rotatable bonds is 5. The molecule has 0 aliphatic carbocycles. The van der Waals surface area contributed by atoms with Gasteiger partial charge in [0.1, 0.15) is 0 Å². The Bertz CT molecular complexity index is 361. The van der Waals surface area contributed by atoms with Gasteiger partial charge >= 0.3 is 6.03 Å². The van der Waals surface area contributed by atoms with Crippen LogP contribution >= 0.6 is 0 Å². The fraction of sp³-hybridized carbons (Fsp3) is 0.462. The zero-order chi connectivity index (χ0) is 12.7. The van der Waals surface area contributed by atoms with Crippen molar-refractivity contribution in [2.75, 3.05) is 29.9 Å². The first kappa shape index (κ1) is 13.4. The Morgan fingerprint density at radius 2 is 1.94 bits per heavy atom. The number of anilines is 2. The van der Waals surface area contributed by atoms with Crippen molar-refractivity contribution >= 4 is 17.4 Å². The molecule has 0 saturated heterocycles. The highest BCUT2D eigenvalue weighted by Gasteiger charge is 2.04. The van der Waals surface area contributed by atoms with Crippen molar-refractivity contribution in [3.8, 4) is 0 Å². The van der Waals surface area contributed by atoms with Crippen molar-refractivity contribution in [2.24, 2.45) is 0 Å². The number of hydrogen-bond acceptors (Lipinski definition) is 2. The maximum absolute atomic E-state index is 11.4. The molecule has 2 N–H and O–H groups in total. The van der Waals surface area contributed by atoms with Crippen LogP contribution in [-0.2, 0) is 0 Å². The second-order valence-electron chi connectivity index (χ2n) is 3.71. The molecule has 0 bridgehead atoms. The van der Waals surface area contributed by atoms with Gasteiger partial charge in [-0.25, -0.2) is 4.79 Å². The summed E-state index contributed by atoms with van der Waals surface area (Å²) in [4.78, 5) is 13.6. The molecule has 0 spiro atoms. The molecular formula is C13H21N3O. The van der Waals surface area contributed by atoms with Crippen molar-refractivity contribution in [1.82, 2.24) is 5.32 Å². The Hall–Kier alpha value is -1.71. The van der Waals surface area contributed by atoms with E-state index in [4.69, 9.17) is 0 Å². The van der Waals surface area contributed by atoms with Crippen LogP contribution in [0.25, 0.3) is 0 Å². The van der Waals surface area contributed by atoms with E-state index in [-0.39, 0.29) is 6.03 Å². The van der Waals surface area contributed by atoms with E-state index in [1.54, 1.807) is 0 Å². The largest absolute Gasteiger partial charge is 0.372 e. The summed E-state index contributed by atoms with van der Waals surface area (Å²) in [5.74, 6) is 0. The second kappa shape index (κ2) is 6.78. The molecule has 1 aromatic carbocycles. The maximum Gasteiger partial charge on any atom is 0.319 e. The summed E-state index contributed by atoms with van der Waals surface area (Å²) in [6.07, 6.45) is 0. The van der Waals surface area contributed by atoms with Crippen LogP contribution < -0.4 is 15.5 Å². The van der Waals surface area contributed by atoms with Gasteiger partial charge in [-0.1, -0.05) is 6.07 Å². The molecule has 0 atom stereocenters. The number of nitrogens with zero attached hydrogens (tertiary/aromatic N) is 1. The van der Waals surface area contributed by atoms with Crippen LogP contribution in [0.1, 0.15) is 20.8 Å². The fourth-order valence-electron chi connectivity index (χ4n) is 1.70. The first-order valence-electron chi connectivity index (χ1n) is 6.11. The minimum Gasteiger partial charge on any atom is -0.372 e. The molecule has 0 heterocycles. The molecule has 0 aliphatic rings. The van der Waals surface area contributed by atoms with Crippen LogP contribution in [0.5, 0.6) is 0 Å². The molecule has 1 rings (SSSR count). The summed E-state index contributed by atoms with van der Waals surface area (Å²) in [6.45, 7) is 8.68. The van der Waals surface area contributed by atoms with Crippen LogP contribution in [0.4, 0.5) is 16.2 Å². The standard InChI is InChI=1S/C13H21N3O/c1-4-14-13(17)15-11-8-7-9-12(10-11)16(5-2)6-3/h7-10H,4-6H2,1-3H3,(H2,14,15,17). The predicted molar refractivity (Wildman–Crippen MR) is 72.7 cm³/mol. The summed E-state index contributed by atoms with van der Waals surface area (Å²) < 4.78 is 0. The third kappa shape index (κ3) is 3.98. The topological polar surface area (TPSA) is 44.4 Å². The lowest BCUT2D eigenvalue weighted by molar-refractivity contribution is 0.252. The molecule has 0 aromatic heterocycles. The Kier molecular flexibility index (Phi) is 5.33. The molecule has 2 amide bonds. The average Bonchev–Trinajstić information content (AvgIpc) is 2.31. The van der Waals surface area contributed by atoms with E-state index >= 15 is 0 Å². The molecule has 17 heavy (non-hydrogen) atoms. The van der Waals surface area contributed by atoms with Crippen LogP contribution in [0.15, 0.2) is 24.3 Å². The van der Waals surface area contributed by atoms with E-state index in [2.05, 4.69) is 35.4 Å². The molecule has 4 heteroatoms. The van der Waals surface area contributed by atoms with Gasteiger partial charge in [0.2, 0.25) is 0 Å². The van der Waals surface area contributed by atoms with Gasteiger partial charge < -0.3 is 15.5 Å². The fourth-order valence-corrected chi connectivity index (χ4v) is 1.70. The summed E-state index contributed by atoms with van der Waals surface area (Å²) >= 11 is 0. The first-order chi connectivity index (χ1) is 8.21. The van der Waals surface area contributed by atoms with Gasteiger partial charge in [-0.2, -0.15) is 0 Å². The smallest absolute Gasteiger partial charge is 0.319 e. The summed E-state index contributed by atoms with van der Waals surface area (Å²) in [5.41, 5.74) is 1.95. The van der Waals surface area contributed by atoms with Crippen molar-refractivity contribution in [3.63, 3.8) is 0 Å². The number of amides is 2. The molecule has 0 aliphatic heterocycles. The number of hydrogen-bond donors (Lipinski definition) is 2. The van der Waals surface area contributed by atoms with Gasteiger partial charge in [-0.3, -0.25) is 0 Å². The molecule has 0 unspecified atom stereocenters. The molecule has 0 fully saturated rings. The number of urea groups is 1. The zero-order valence-corrected chi connectivity index (χ0v) is 10.8. The van der Waals surface area contributed by atoms with Gasteiger partial charge in [0.05, 0.1) is 0 Å². The van der Waals surface area contributed by atoms with Gasteiger partial charge in [-0.15, -0.1) is 0 Å². The van der Waals surface area contributed by atoms with E-state index in [0.29, 0.717) is 6.54 Å². The number of nitrogens with one attached hydrogen (secondary N) is 2. The van der Waals surface area contributed by atoms with Gasteiger partial charge in [-0.05, 0) is 39.0 Å². The lowest BCUT2D eigenvalue weighted by Gasteiger charge is -2.21. The van der Waals surface area contributed by atoms with Gasteiger partial charge in [0.25, 0.3) is 0 Å². The zero-order valence-electron chi connectivity index (χ0n) is 10.8. The highest BCUT2D eigenvalue weighted by atomic mass is 16.2. The Balaban J connectivity index is 2.75. The van der Waals surface area contributed by atoms with Crippen LogP contribution in [0, 0.1) is 0 Å². The predicted octanol–water partition coefficient (Wildman–Crippen LogP) is 2.67. The van der Waals surface area contributed by atoms with Gasteiger partial charge in [0.15, 0.2) is 0 Å². The SMILES string of the molecule is CCNC(=O)Nc1cccc(N(CC)CC)c1. The highest BCUT2D eigenvalue weighted by Crippen LogP contribution is 2.19. The van der Waals surface area contributed by atoms with Crippen molar-refractivity contribution in [3.05, 3.63) is 24.3 Å². The number of carbonyl (C=O) groups excluding carboxylic acids is 1. The summed E-state index contributed by atoms with van der Waals surface area (Å²) in [5, 5.41) is 5.52. The van der Waals surface area contributed by atoms with Crippen LogP contribution in [0.2, 0.25) is 0 Å². The first-order valence-corrected chi connectivity index (χ1v) is 6.11. The third-order valence-electron chi connectivity index (χ3n) is 2.57. The Labute approximate surface area is 103 Å². The van der Waals surface area contributed by atoms with E-state index in [1.165, 1.54) is 0 Å². The molecular weight excluding hydrogens is 214 g/mol. The maximum atomic E-state index is 11.4. The van der Waals surface area contributed by atoms with Crippen molar-refractivity contribution < 1.29 is 4.79 Å². The molecule has 0 saturated carbocycles. The number of benzene rings is 1. The average molecular weight is 235 g/mol. The van der Waals surface area contributed by atoms with E-state index in [0.717, 1.165) is 24.5 Å². The van der Waals surface area contributed by atoms with Crippen LogP contribution in [-0.4, -0.2) is 25.7 Å². The molecule has 0 radical (unpaired) electrons. The lowest BCUT2D eigenvalue weighted by atomic mass is 10.2. The van der Waals surface area contributed by atoms with Gasteiger partial charge in [0, 0.05) is 31.0 Å². The third-order valence-corrected chi connectivity index (χ3v) is 2.57. The number of carbonyl (C=O) groups is 1. The Morgan fingerprint density at radius 1 is 1.24 bits per heavy atom. The van der Waals surface area contributed by atoms with Crippen molar-refractivity contribution in [2.45, 2.75) is 20.8 Å². The quantitative estimate of drug-likeness (QED) is 0.824. The van der Waals surface area contributed by atoms with Crippen LogP contribution in [0.3, 0.4) is 0 Å². The molecule has 4 nitrogen and oxygen atoms in total. The van der Waals surface area contributed by atoms with E-state index in [9.17, 15) is 4.79 Å².